The van der Waals surface area contributed by atoms with Gasteiger partial charge in [-0.05, 0) is 37.6 Å². The van der Waals surface area contributed by atoms with Crippen LogP contribution in [0, 0.1) is 24.0 Å². The van der Waals surface area contributed by atoms with Crippen LogP contribution in [0.4, 0.5) is 0 Å². The van der Waals surface area contributed by atoms with Crippen molar-refractivity contribution in [2.24, 2.45) is 0 Å². The first-order valence-electron chi connectivity index (χ1n) is 6.82. The van der Waals surface area contributed by atoms with Gasteiger partial charge >= 0.3 is 0 Å². The average Bonchev–Trinajstić information content (AvgIpc) is 2.82. The van der Waals surface area contributed by atoms with E-state index in [2.05, 4.69) is 5.10 Å². The molecule has 7 heteroatoms. The Bertz CT molecular complexity index is 681. The van der Waals surface area contributed by atoms with Gasteiger partial charge in [0.2, 0.25) is 6.54 Å². The standard InChI is InChI=1S/C15H19N3O4/c1-10-7-11(2)18(16-10)13(9-17(19)20)12-5-6-14(21-3)15(8-12)22-4/h5-8,13H,9H2,1-4H3. The summed E-state index contributed by atoms with van der Waals surface area (Å²) in [6.07, 6.45) is 0. The van der Waals surface area contributed by atoms with E-state index in [-0.39, 0.29) is 11.5 Å². The maximum Gasteiger partial charge on any atom is 0.230 e. The molecule has 1 aromatic carbocycles. The van der Waals surface area contributed by atoms with E-state index >= 15 is 0 Å². The lowest BCUT2D eigenvalue weighted by atomic mass is 10.1. The first-order chi connectivity index (χ1) is 10.5. The molecule has 0 radical (unpaired) electrons. The van der Waals surface area contributed by atoms with E-state index < -0.39 is 6.04 Å². The molecule has 0 spiro atoms. The number of nitro groups is 1. The SMILES string of the molecule is COc1ccc(C(C[N+](=O)[O-])n2nc(C)cc2C)cc1OC. The first-order valence-corrected chi connectivity index (χ1v) is 6.82. The minimum Gasteiger partial charge on any atom is -0.493 e. The second-order valence-corrected chi connectivity index (χ2v) is 5.02. The number of ether oxygens (including phenoxy) is 2. The molecule has 1 heterocycles. The maximum atomic E-state index is 11.1. The zero-order chi connectivity index (χ0) is 16.3. The number of aromatic nitrogens is 2. The fourth-order valence-corrected chi connectivity index (χ4v) is 2.49. The Balaban J connectivity index is 2.50. The molecule has 22 heavy (non-hydrogen) atoms. The van der Waals surface area contributed by atoms with Crippen molar-refractivity contribution in [3.05, 3.63) is 51.3 Å². The zero-order valence-corrected chi connectivity index (χ0v) is 13.1. The third-order valence-electron chi connectivity index (χ3n) is 3.45. The Hall–Kier alpha value is -2.57. The second kappa shape index (κ2) is 6.46. The Morgan fingerprint density at radius 2 is 1.91 bits per heavy atom. The van der Waals surface area contributed by atoms with Gasteiger partial charge in [0.05, 0.1) is 19.9 Å². The summed E-state index contributed by atoms with van der Waals surface area (Å²) >= 11 is 0. The van der Waals surface area contributed by atoms with Crippen molar-refractivity contribution in [3.63, 3.8) is 0 Å². The van der Waals surface area contributed by atoms with Crippen LogP contribution in [0.15, 0.2) is 24.3 Å². The summed E-state index contributed by atoms with van der Waals surface area (Å²) in [6.45, 7) is 3.49. The molecule has 0 saturated heterocycles. The van der Waals surface area contributed by atoms with Gasteiger partial charge in [-0.25, -0.2) is 0 Å². The van der Waals surface area contributed by atoms with E-state index in [0.29, 0.717) is 11.5 Å². The molecule has 1 aromatic heterocycles. The highest BCUT2D eigenvalue weighted by molar-refractivity contribution is 5.44. The molecule has 0 saturated carbocycles. The van der Waals surface area contributed by atoms with Crippen molar-refractivity contribution in [1.82, 2.24) is 9.78 Å². The van der Waals surface area contributed by atoms with Crippen LogP contribution in [0.1, 0.15) is 23.0 Å². The highest BCUT2D eigenvalue weighted by atomic mass is 16.6. The lowest BCUT2D eigenvalue weighted by Crippen LogP contribution is -2.22. The van der Waals surface area contributed by atoms with Gasteiger partial charge in [-0.3, -0.25) is 14.8 Å². The Morgan fingerprint density at radius 1 is 1.23 bits per heavy atom. The van der Waals surface area contributed by atoms with Crippen LogP contribution >= 0.6 is 0 Å². The predicted molar refractivity (Wildman–Crippen MR) is 81.2 cm³/mol. The van der Waals surface area contributed by atoms with Gasteiger partial charge in [-0.15, -0.1) is 0 Å². The van der Waals surface area contributed by atoms with Crippen LogP contribution in [0.3, 0.4) is 0 Å². The van der Waals surface area contributed by atoms with E-state index in [0.717, 1.165) is 17.0 Å². The summed E-state index contributed by atoms with van der Waals surface area (Å²) in [5.41, 5.74) is 2.45. The van der Waals surface area contributed by atoms with E-state index in [4.69, 9.17) is 9.47 Å². The smallest absolute Gasteiger partial charge is 0.230 e. The third kappa shape index (κ3) is 3.19. The minimum atomic E-state index is -0.497. The molecule has 0 amide bonds. The molecule has 0 fully saturated rings. The highest BCUT2D eigenvalue weighted by Gasteiger charge is 2.24. The van der Waals surface area contributed by atoms with Crippen molar-refractivity contribution in [2.45, 2.75) is 19.9 Å². The van der Waals surface area contributed by atoms with Gasteiger partial charge in [-0.1, -0.05) is 6.07 Å². The van der Waals surface area contributed by atoms with Crippen molar-refractivity contribution in [1.29, 1.82) is 0 Å². The van der Waals surface area contributed by atoms with Gasteiger partial charge in [-0.2, -0.15) is 5.10 Å². The third-order valence-corrected chi connectivity index (χ3v) is 3.45. The zero-order valence-electron chi connectivity index (χ0n) is 13.1. The average molecular weight is 305 g/mol. The van der Waals surface area contributed by atoms with E-state index in [9.17, 15) is 10.1 Å². The van der Waals surface area contributed by atoms with Crippen molar-refractivity contribution >= 4 is 0 Å². The molecule has 2 rings (SSSR count). The molecular weight excluding hydrogens is 286 g/mol. The molecule has 0 bridgehead atoms. The predicted octanol–water partition coefficient (Wildman–Crippen LogP) is 2.38. The molecule has 0 aliphatic rings. The molecule has 118 valence electrons. The Morgan fingerprint density at radius 3 is 2.41 bits per heavy atom. The molecule has 2 aromatic rings. The number of rotatable bonds is 6. The normalized spacial score (nSPS) is 12.0. The number of methoxy groups -OCH3 is 2. The van der Waals surface area contributed by atoms with Gasteiger partial charge < -0.3 is 9.47 Å². The number of hydrogen-bond acceptors (Lipinski definition) is 5. The highest BCUT2D eigenvalue weighted by Crippen LogP contribution is 2.31. The Kier molecular flexibility index (Phi) is 4.65. The maximum absolute atomic E-state index is 11.1. The monoisotopic (exact) mass is 305 g/mol. The summed E-state index contributed by atoms with van der Waals surface area (Å²) in [7, 11) is 3.08. The number of benzene rings is 1. The minimum absolute atomic E-state index is 0.253. The summed E-state index contributed by atoms with van der Waals surface area (Å²) < 4.78 is 12.2. The van der Waals surface area contributed by atoms with Crippen molar-refractivity contribution in [2.75, 3.05) is 20.8 Å². The largest absolute Gasteiger partial charge is 0.493 e. The van der Waals surface area contributed by atoms with Crippen LogP contribution in [-0.2, 0) is 0 Å². The van der Waals surface area contributed by atoms with Crippen LogP contribution < -0.4 is 9.47 Å². The molecule has 0 aliphatic carbocycles. The van der Waals surface area contributed by atoms with E-state index in [1.54, 1.807) is 30.0 Å². The van der Waals surface area contributed by atoms with Crippen molar-refractivity contribution in [3.8, 4) is 11.5 Å². The molecular formula is C15H19N3O4. The molecule has 7 nitrogen and oxygen atoms in total. The fraction of sp³-hybridized carbons (Fsp3) is 0.400. The van der Waals surface area contributed by atoms with Crippen LogP contribution in [0.5, 0.6) is 11.5 Å². The molecule has 0 aliphatic heterocycles. The van der Waals surface area contributed by atoms with Crippen LogP contribution in [-0.4, -0.2) is 35.5 Å². The second-order valence-electron chi connectivity index (χ2n) is 5.02. The quantitative estimate of drug-likeness (QED) is 0.604. The summed E-state index contributed by atoms with van der Waals surface area (Å²) in [6, 6.07) is 6.69. The fourth-order valence-electron chi connectivity index (χ4n) is 2.49. The Labute approximate surface area is 128 Å². The number of hydrogen-bond donors (Lipinski definition) is 0. The lowest BCUT2D eigenvalue weighted by molar-refractivity contribution is -0.484. The molecule has 1 unspecified atom stereocenters. The van der Waals surface area contributed by atoms with Crippen LogP contribution in [0.2, 0.25) is 0 Å². The van der Waals surface area contributed by atoms with Gasteiger partial charge in [0.15, 0.2) is 11.5 Å². The number of aryl methyl sites for hydroxylation is 2. The van der Waals surface area contributed by atoms with Crippen molar-refractivity contribution < 1.29 is 14.4 Å². The van der Waals surface area contributed by atoms with Gasteiger partial charge in [0, 0.05) is 10.6 Å². The first kappa shape index (κ1) is 15.8. The van der Waals surface area contributed by atoms with E-state index in [1.165, 1.54) is 7.11 Å². The molecule has 1 atom stereocenters. The lowest BCUT2D eigenvalue weighted by Gasteiger charge is -2.17. The van der Waals surface area contributed by atoms with Gasteiger partial charge in [0.25, 0.3) is 0 Å². The summed E-state index contributed by atoms with van der Waals surface area (Å²) in [5.74, 6) is 1.12. The number of nitrogens with zero attached hydrogens (tertiary/aromatic N) is 3. The van der Waals surface area contributed by atoms with Crippen LogP contribution in [0.25, 0.3) is 0 Å². The van der Waals surface area contributed by atoms with Gasteiger partial charge in [0.1, 0.15) is 6.04 Å². The molecule has 0 N–H and O–H groups in total. The summed E-state index contributed by atoms with van der Waals surface area (Å²) in [5, 5.41) is 15.4. The summed E-state index contributed by atoms with van der Waals surface area (Å²) in [4.78, 5) is 10.7. The topological polar surface area (TPSA) is 79.4 Å². The van der Waals surface area contributed by atoms with E-state index in [1.807, 2.05) is 19.9 Å².